The molecular formula is C15H22N2. The van der Waals surface area contributed by atoms with Crippen molar-refractivity contribution in [3.8, 4) is 0 Å². The third-order valence-electron chi connectivity index (χ3n) is 4.07. The molecule has 0 spiro atoms. The van der Waals surface area contributed by atoms with Crippen molar-refractivity contribution in [2.24, 2.45) is 0 Å². The lowest BCUT2D eigenvalue weighted by Gasteiger charge is -2.30. The molecule has 1 fully saturated rings. The van der Waals surface area contributed by atoms with Gasteiger partial charge in [-0.05, 0) is 43.7 Å². The van der Waals surface area contributed by atoms with E-state index in [1.165, 1.54) is 56.3 Å². The molecule has 1 saturated heterocycles. The normalized spacial score (nSPS) is 24.9. The zero-order chi connectivity index (χ0) is 11.7. The quantitative estimate of drug-likeness (QED) is 0.840. The lowest BCUT2D eigenvalue weighted by Crippen LogP contribution is -2.43. The third-order valence-corrected chi connectivity index (χ3v) is 4.07. The van der Waals surface area contributed by atoms with Crippen LogP contribution in [0.1, 0.15) is 48.4 Å². The molecule has 92 valence electrons. The summed E-state index contributed by atoms with van der Waals surface area (Å²) in [6, 6.07) is 7.47. The predicted molar refractivity (Wildman–Crippen MR) is 70.8 cm³/mol. The van der Waals surface area contributed by atoms with Crippen LogP contribution in [0.2, 0.25) is 0 Å². The van der Waals surface area contributed by atoms with Gasteiger partial charge in [-0.1, -0.05) is 30.2 Å². The summed E-state index contributed by atoms with van der Waals surface area (Å²) in [5.41, 5.74) is 8.20. The van der Waals surface area contributed by atoms with E-state index in [1.54, 1.807) is 5.56 Å². The number of fused-ring (bicyclic) bond motifs is 1. The van der Waals surface area contributed by atoms with Crippen molar-refractivity contribution < 1.29 is 0 Å². The number of piperidine rings is 1. The maximum Gasteiger partial charge on any atom is 0.0470 e. The topological polar surface area (TPSA) is 15.3 Å². The number of nitrogens with zero attached hydrogens (tertiary/aromatic N) is 1. The van der Waals surface area contributed by atoms with Gasteiger partial charge < -0.3 is 0 Å². The van der Waals surface area contributed by atoms with Crippen molar-refractivity contribution in [2.75, 3.05) is 13.1 Å². The zero-order valence-corrected chi connectivity index (χ0v) is 10.7. The summed E-state index contributed by atoms with van der Waals surface area (Å²) >= 11 is 0. The van der Waals surface area contributed by atoms with Gasteiger partial charge in [-0.3, -0.25) is 0 Å². The van der Waals surface area contributed by atoms with Gasteiger partial charge in [-0.25, -0.2) is 10.4 Å². The highest BCUT2D eigenvalue weighted by Gasteiger charge is 2.24. The van der Waals surface area contributed by atoms with Crippen LogP contribution in [0.5, 0.6) is 0 Å². The van der Waals surface area contributed by atoms with Crippen molar-refractivity contribution in [1.29, 1.82) is 0 Å². The SMILES string of the molecule is Cc1ccc2c(c1)C(NN1CCCCC1)CC2. The predicted octanol–water partition coefficient (Wildman–Crippen LogP) is 2.97. The van der Waals surface area contributed by atoms with E-state index in [1.807, 2.05) is 0 Å². The molecule has 1 aliphatic carbocycles. The number of hydrazine groups is 1. The molecule has 1 N–H and O–H groups in total. The average molecular weight is 230 g/mol. The van der Waals surface area contributed by atoms with E-state index in [-0.39, 0.29) is 0 Å². The van der Waals surface area contributed by atoms with Crippen LogP contribution in [0, 0.1) is 6.92 Å². The number of benzene rings is 1. The Morgan fingerprint density at radius 2 is 2.00 bits per heavy atom. The molecule has 1 unspecified atom stereocenters. The highest BCUT2D eigenvalue weighted by Crippen LogP contribution is 2.32. The molecule has 1 aromatic rings. The fourth-order valence-corrected chi connectivity index (χ4v) is 3.10. The standard InChI is InChI=1S/C15H22N2/c1-12-5-6-13-7-8-15(14(13)11-12)16-17-9-3-2-4-10-17/h5-6,11,15-16H,2-4,7-10H2,1H3. The van der Waals surface area contributed by atoms with Crippen LogP contribution in [0.15, 0.2) is 18.2 Å². The van der Waals surface area contributed by atoms with Crippen molar-refractivity contribution in [1.82, 2.24) is 10.4 Å². The molecule has 0 saturated carbocycles. The number of nitrogens with one attached hydrogen (secondary N) is 1. The molecule has 0 radical (unpaired) electrons. The number of hydrogen-bond donors (Lipinski definition) is 1. The van der Waals surface area contributed by atoms with Gasteiger partial charge in [0.25, 0.3) is 0 Å². The molecule has 0 bridgehead atoms. The van der Waals surface area contributed by atoms with Crippen LogP contribution in [0.3, 0.4) is 0 Å². The minimum absolute atomic E-state index is 0.558. The van der Waals surface area contributed by atoms with E-state index in [2.05, 4.69) is 35.6 Å². The smallest absolute Gasteiger partial charge is 0.0470 e. The Morgan fingerprint density at radius 1 is 1.18 bits per heavy atom. The molecule has 0 amide bonds. The molecule has 2 heteroatoms. The Balaban J connectivity index is 1.72. The van der Waals surface area contributed by atoms with Crippen LogP contribution >= 0.6 is 0 Å². The number of hydrogen-bond acceptors (Lipinski definition) is 2. The average Bonchev–Trinajstić information content (AvgIpc) is 2.73. The second-order valence-electron chi connectivity index (χ2n) is 5.47. The summed E-state index contributed by atoms with van der Waals surface area (Å²) in [5.74, 6) is 0. The Labute approximate surface area is 104 Å². The van der Waals surface area contributed by atoms with Crippen LogP contribution < -0.4 is 5.43 Å². The van der Waals surface area contributed by atoms with Crippen molar-refractivity contribution in [3.05, 3.63) is 34.9 Å². The lowest BCUT2D eigenvalue weighted by atomic mass is 10.1. The van der Waals surface area contributed by atoms with Crippen molar-refractivity contribution in [3.63, 3.8) is 0 Å². The maximum atomic E-state index is 3.73. The first-order valence-corrected chi connectivity index (χ1v) is 6.93. The summed E-state index contributed by atoms with van der Waals surface area (Å²) in [4.78, 5) is 0. The maximum absolute atomic E-state index is 3.73. The minimum atomic E-state index is 0.558. The number of rotatable bonds is 2. The van der Waals surface area contributed by atoms with Crippen molar-refractivity contribution in [2.45, 2.75) is 45.1 Å². The molecule has 0 aromatic heterocycles. The van der Waals surface area contributed by atoms with Gasteiger partial charge >= 0.3 is 0 Å². The second-order valence-corrected chi connectivity index (χ2v) is 5.47. The molecule has 2 aliphatic rings. The fourth-order valence-electron chi connectivity index (χ4n) is 3.10. The highest BCUT2D eigenvalue weighted by atomic mass is 15.5. The molecule has 17 heavy (non-hydrogen) atoms. The molecule has 1 atom stereocenters. The van der Waals surface area contributed by atoms with Gasteiger partial charge in [-0.15, -0.1) is 0 Å². The monoisotopic (exact) mass is 230 g/mol. The summed E-state index contributed by atoms with van der Waals surface area (Å²) in [7, 11) is 0. The zero-order valence-electron chi connectivity index (χ0n) is 10.7. The fraction of sp³-hybridized carbons (Fsp3) is 0.600. The highest BCUT2D eigenvalue weighted by molar-refractivity contribution is 5.37. The largest absolute Gasteiger partial charge is 0.248 e. The molecule has 3 rings (SSSR count). The Bertz CT molecular complexity index is 394. The minimum Gasteiger partial charge on any atom is -0.248 e. The van der Waals surface area contributed by atoms with E-state index in [0.29, 0.717) is 6.04 Å². The summed E-state index contributed by atoms with van der Waals surface area (Å²) in [6.07, 6.45) is 6.59. The van der Waals surface area contributed by atoms with Gasteiger partial charge in [-0.2, -0.15) is 0 Å². The van der Waals surface area contributed by atoms with Crippen LogP contribution in [0.25, 0.3) is 0 Å². The molecule has 1 heterocycles. The first-order valence-electron chi connectivity index (χ1n) is 6.93. The molecule has 2 nitrogen and oxygen atoms in total. The Morgan fingerprint density at radius 3 is 2.82 bits per heavy atom. The molecule has 1 aliphatic heterocycles. The van der Waals surface area contributed by atoms with Gasteiger partial charge in [0.05, 0.1) is 0 Å². The Kier molecular flexibility index (Phi) is 3.17. The van der Waals surface area contributed by atoms with Gasteiger partial charge in [0.2, 0.25) is 0 Å². The van der Waals surface area contributed by atoms with Crippen LogP contribution in [-0.4, -0.2) is 18.1 Å². The summed E-state index contributed by atoms with van der Waals surface area (Å²) in [5, 5.41) is 2.44. The van der Waals surface area contributed by atoms with Gasteiger partial charge in [0.1, 0.15) is 0 Å². The van der Waals surface area contributed by atoms with E-state index < -0.39 is 0 Å². The molecular weight excluding hydrogens is 208 g/mol. The van der Waals surface area contributed by atoms with Gasteiger partial charge in [0.15, 0.2) is 0 Å². The van der Waals surface area contributed by atoms with Crippen molar-refractivity contribution >= 4 is 0 Å². The summed E-state index contributed by atoms with van der Waals surface area (Å²) < 4.78 is 0. The summed E-state index contributed by atoms with van der Waals surface area (Å²) in [6.45, 7) is 4.63. The first kappa shape index (κ1) is 11.2. The Hall–Kier alpha value is -0.860. The number of aryl methyl sites for hydroxylation is 2. The van der Waals surface area contributed by atoms with Crippen LogP contribution in [0.4, 0.5) is 0 Å². The van der Waals surface area contributed by atoms with E-state index in [4.69, 9.17) is 0 Å². The lowest BCUT2D eigenvalue weighted by molar-refractivity contribution is 0.128. The van der Waals surface area contributed by atoms with Crippen LogP contribution in [-0.2, 0) is 6.42 Å². The second kappa shape index (κ2) is 4.79. The first-order chi connectivity index (χ1) is 8.33. The van der Waals surface area contributed by atoms with E-state index >= 15 is 0 Å². The van der Waals surface area contributed by atoms with E-state index in [0.717, 1.165) is 0 Å². The van der Waals surface area contributed by atoms with Gasteiger partial charge in [0, 0.05) is 19.1 Å². The van der Waals surface area contributed by atoms with E-state index in [9.17, 15) is 0 Å². The third kappa shape index (κ3) is 2.38. The molecule has 1 aromatic carbocycles.